The van der Waals surface area contributed by atoms with Crippen molar-refractivity contribution in [1.82, 2.24) is 0 Å². The maximum absolute atomic E-state index is 8.57. The van der Waals surface area contributed by atoms with E-state index in [-0.39, 0.29) is 5.17 Å². The second-order valence-electron chi connectivity index (χ2n) is 3.25. The molecule has 0 unspecified atom stereocenters. The Morgan fingerprint density at radius 2 is 2.08 bits per heavy atom. The molecule has 0 spiro atoms. The third kappa shape index (κ3) is 1.68. The van der Waals surface area contributed by atoms with Gasteiger partial charge in [-0.05, 0) is 24.3 Å². The summed E-state index contributed by atoms with van der Waals surface area (Å²) in [7, 11) is 0. The van der Waals surface area contributed by atoms with Crippen LogP contribution in [0, 0.1) is 0 Å². The molecule has 1 aromatic carbocycles. The Morgan fingerprint density at radius 3 is 2.69 bits per heavy atom. The molecule has 0 bridgehead atoms. The molecule has 68 valence electrons. The molecule has 1 aromatic rings. The largest absolute Gasteiger partial charge is 0.410 e. The SMILES string of the molecule is O/N=C(\Cl)c1ccccc1C1CC1. The second kappa shape index (κ2) is 3.38. The minimum absolute atomic E-state index is 0.183. The smallest absolute Gasteiger partial charge is 0.175 e. The third-order valence-corrected chi connectivity index (χ3v) is 2.57. The highest BCUT2D eigenvalue weighted by Gasteiger charge is 2.26. The molecule has 0 aliphatic heterocycles. The Labute approximate surface area is 81.8 Å². The van der Waals surface area contributed by atoms with Gasteiger partial charge in [-0.3, -0.25) is 0 Å². The number of benzene rings is 1. The van der Waals surface area contributed by atoms with Gasteiger partial charge in [0.25, 0.3) is 0 Å². The van der Waals surface area contributed by atoms with E-state index in [4.69, 9.17) is 16.8 Å². The average Bonchev–Trinajstić information content (AvgIpc) is 3.00. The predicted octanol–water partition coefficient (Wildman–Crippen LogP) is 2.94. The quantitative estimate of drug-likeness (QED) is 0.439. The van der Waals surface area contributed by atoms with Gasteiger partial charge in [0.15, 0.2) is 5.17 Å². The van der Waals surface area contributed by atoms with Crippen molar-refractivity contribution in [3.05, 3.63) is 35.4 Å². The summed E-state index contributed by atoms with van der Waals surface area (Å²) in [5, 5.41) is 11.8. The molecule has 0 aromatic heterocycles. The lowest BCUT2D eigenvalue weighted by Gasteiger charge is -2.04. The maximum Gasteiger partial charge on any atom is 0.175 e. The molecule has 3 heteroatoms. The molecular formula is C10H10ClNO. The van der Waals surface area contributed by atoms with Gasteiger partial charge in [-0.2, -0.15) is 0 Å². The van der Waals surface area contributed by atoms with E-state index in [2.05, 4.69) is 5.16 Å². The first kappa shape index (κ1) is 8.57. The van der Waals surface area contributed by atoms with Crippen LogP contribution in [0.5, 0.6) is 0 Å². The first-order valence-corrected chi connectivity index (χ1v) is 4.67. The van der Waals surface area contributed by atoms with Crippen LogP contribution in [0.3, 0.4) is 0 Å². The van der Waals surface area contributed by atoms with E-state index in [1.165, 1.54) is 18.4 Å². The van der Waals surface area contributed by atoms with E-state index in [0.29, 0.717) is 5.92 Å². The number of oxime groups is 1. The molecule has 0 amide bonds. The number of rotatable bonds is 2. The summed E-state index contributed by atoms with van der Waals surface area (Å²) >= 11 is 5.77. The lowest BCUT2D eigenvalue weighted by molar-refractivity contribution is 0.321. The van der Waals surface area contributed by atoms with Gasteiger partial charge in [-0.25, -0.2) is 0 Å². The first-order chi connectivity index (χ1) is 6.33. The third-order valence-electron chi connectivity index (χ3n) is 2.29. The predicted molar refractivity (Wildman–Crippen MR) is 52.6 cm³/mol. The van der Waals surface area contributed by atoms with Crippen molar-refractivity contribution in [3.63, 3.8) is 0 Å². The molecule has 2 nitrogen and oxygen atoms in total. The summed E-state index contributed by atoms with van der Waals surface area (Å²) in [6, 6.07) is 7.81. The highest BCUT2D eigenvalue weighted by Crippen LogP contribution is 2.41. The molecule has 0 radical (unpaired) electrons. The van der Waals surface area contributed by atoms with Crippen LogP contribution in [0.1, 0.15) is 29.9 Å². The van der Waals surface area contributed by atoms with Crippen LogP contribution in [-0.4, -0.2) is 10.4 Å². The summed E-state index contributed by atoms with van der Waals surface area (Å²) in [6.45, 7) is 0. The van der Waals surface area contributed by atoms with Gasteiger partial charge in [-0.1, -0.05) is 41.0 Å². The summed E-state index contributed by atoms with van der Waals surface area (Å²) in [4.78, 5) is 0. The zero-order valence-electron chi connectivity index (χ0n) is 7.07. The van der Waals surface area contributed by atoms with Crippen LogP contribution >= 0.6 is 11.6 Å². The van der Waals surface area contributed by atoms with E-state index < -0.39 is 0 Å². The molecule has 1 fully saturated rings. The molecule has 1 saturated carbocycles. The van der Waals surface area contributed by atoms with E-state index in [0.717, 1.165) is 5.56 Å². The van der Waals surface area contributed by atoms with Crippen molar-refractivity contribution in [2.45, 2.75) is 18.8 Å². The van der Waals surface area contributed by atoms with Crippen molar-refractivity contribution in [2.75, 3.05) is 0 Å². The highest BCUT2D eigenvalue weighted by atomic mass is 35.5. The van der Waals surface area contributed by atoms with Gasteiger partial charge >= 0.3 is 0 Å². The zero-order valence-corrected chi connectivity index (χ0v) is 7.83. The van der Waals surface area contributed by atoms with Crippen LogP contribution in [0.2, 0.25) is 0 Å². The van der Waals surface area contributed by atoms with Crippen LogP contribution in [-0.2, 0) is 0 Å². The van der Waals surface area contributed by atoms with Gasteiger partial charge in [0.2, 0.25) is 0 Å². The zero-order chi connectivity index (χ0) is 9.26. The van der Waals surface area contributed by atoms with Crippen LogP contribution < -0.4 is 0 Å². The summed E-state index contributed by atoms with van der Waals surface area (Å²) in [5.41, 5.74) is 2.06. The molecule has 2 rings (SSSR count). The molecule has 13 heavy (non-hydrogen) atoms. The van der Waals surface area contributed by atoms with Crippen LogP contribution in [0.15, 0.2) is 29.4 Å². The second-order valence-corrected chi connectivity index (χ2v) is 3.61. The van der Waals surface area contributed by atoms with Crippen molar-refractivity contribution in [2.24, 2.45) is 5.16 Å². The molecule has 0 heterocycles. The molecule has 0 saturated heterocycles. The van der Waals surface area contributed by atoms with Crippen LogP contribution in [0.4, 0.5) is 0 Å². The van der Waals surface area contributed by atoms with Crippen molar-refractivity contribution < 1.29 is 5.21 Å². The normalized spacial score (nSPS) is 17.5. The Kier molecular flexibility index (Phi) is 2.23. The number of halogens is 1. The number of hydrogen-bond donors (Lipinski definition) is 1. The standard InChI is InChI=1S/C10H10ClNO/c11-10(12-13)9-4-2-1-3-8(9)7-5-6-7/h1-4,7,13H,5-6H2/b12-10-. The van der Waals surface area contributed by atoms with Gasteiger partial charge < -0.3 is 5.21 Å². The average molecular weight is 196 g/mol. The monoisotopic (exact) mass is 195 g/mol. The lowest BCUT2D eigenvalue weighted by Crippen LogP contribution is -1.96. The topological polar surface area (TPSA) is 32.6 Å². The van der Waals surface area contributed by atoms with E-state index in [1.807, 2.05) is 24.3 Å². The number of hydrogen-bond acceptors (Lipinski definition) is 2. The first-order valence-electron chi connectivity index (χ1n) is 4.30. The van der Waals surface area contributed by atoms with Crippen molar-refractivity contribution in [1.29, 1.82) is 0 Å². The Hall–Kier alpha value is -1.02. The molecule has 1 aliphatic rings. The Balaban J connectivity index is 2.42. The van der Waals surface area contributed by atoms with Crippen molar-refractivity contribution in [3.8, 4) is 0 Å². The molecular weight excluding hydrogens is 186 g/mol. The van der Waals surface area contributed by atoms with E-state index >= 15 is 0 Å². The molecule has 1 N–H and O–H groups in total. The van der Waals surface area contributed by atoms with E-state index in [9.17, 15) is 0 Å². The highest BCUT2D eigenvalue weighted by molar-refractivity contribution is 6.69. The Bertz CT molecular complexity index is 345. The number of nitrogens with zero attached hydrogens (tertiary/aromatic N) is 1. The molecule has 0 atom stereocenters. The maximum atomic E-state index is 8.57. The minimum atomic E-state index is 0.183. The van der Waals surface area contributed by atoms with Crippen LogP contribution in [0.25, 0.3) is 0 Å². The fourth-order valence-corrected chi connectivity index (χ4v) is 1.66. The van der Waals surface area contributed by atoms with Gasteiger partial charge in [-0.15, -0.1) is 0 Å². The summed E-state index contributed by atoms with van der Waals surface area (Å²) < 4.78 is 0. The van der Waals surface area contributed by atoms with Gasteiger partial charge in [0.05, 0.1) is 0 Å². The Morgan fingerprint density at radius 1 is 1.38 bits per heavy atom. The summed E-state index contributed by atoms with van der Waals surface area (Å²) in [5.74, 6) is 0.617. The van der Waals surface area contributed by atoms with Gasteiger partial charge in [0.1, 0.15) is 0 Å². The fourth-order valence-electron chi connectivity index (χ4n) is 1.49. The van der Waals surface area contributed by atoms with E-state index in [1.54, 1.807) is 0 Å². The lowest BCUT2D eigenvalue weighted by atomic mass is 10.0. The molecule has 1 aliphatic carbocycles. The van der Waals surface area contributed by atoms with Crippen molar-refractivity contribution >= 4 is 16.8 Å². The fraction of sp³-hybridized carbons (Fsp3) is 0.300. The van der Waals surface area contributed by atoms with Gasteiger partial charge in [0, 0.05) is 5.56 Å². The minimum Gasteiger partial charge on any atom is -0.410 e. The summed E-state index contributed by atoms with van der Waals surface area (Å²) in [6.07, 6.45) is 2.43.